The lowest BCUT2D eigenvalue weighted by molar-refractivity contribution is 0.0951. The Bertz CT molecular complexity index is 705. The van der Waals surface area contributed by atoms with Crippen molar-refractivity contribution < 1.29 is 14.3 Å². The summed E-state index contributed by atoms with van der Waals surface area (Å²) in [6, 6.07) is 10.8. The van der Waals surface area contributed by atoms with E-state index < -0.39 is 0 Å². The summed E-state index contributed by atoms with van der Waals surface area (Å²) in [7, 11) is 0. The molecule has 0 spiro atoms. The smallest absolute Gasteiger partial charge is 0.251 e. The largest absolute Gasteiger partial charge is 0.454 e. The molecule has 1 amide bonds. The predicted octanol–water partition coefficient (Wildman–Crippen LogP) is 3.60. The molecular formula is C15H11ClINO3. The molecule has 2 aromatic carbocycles. The van der Waals surface area contributed by atoms with Crippen LogP contribution in [0.1, 0.15) is 15.9 Å². The first kappa shape index (κ1) is 14.5. The Balaban J connectivity index is 1.67. The first-order valence-corrected chi connectivity index (χ1v) is 7.71. The van der Waals surface area contributed by atoms with E-state index in [0.717, 1.165) is 14.9 Å². The fraction of sp³-hybridized carbons (Fsp3) is 0.133. The van der Waals surface area contributed by atoms with Crippen molar-refractivity contribution in [2.24, 2.45) is 0 Å². The monoisotopic (exact) mass is 415 g/mol. The fourth-order valence-corrected chi connectivity index (χ4v) is 2.49. The van der Waals surface area contributed by atoms with Crippen LogP contribution in [0.3, 0.4) is 0 Å². The minimum absolute atomic E-state index is 0.161. The highest BCUT2D eigenvalue weighted by Gasteiger charge is 2.14. The maximum absolute atomic E-state index is 12.1. The van der Waals surface area contributed by atoms with Gasteiger partial charge in [0.15, 0.2) is 11.5 Å². The summed E-state index contributed by atoms with van der Waals surface area (Å²) in [6.45, 7) is 0.658. The van der Waals surface area contributed by atoms with E-state index in [1.54, 1.807) is 12.1 Å². The predicted molar refractivity (Wildman–Crippen MR) is 87.9 cm³/mol. The van der Waals surface area contributed by atoms with Crippen molar-refractivity contribution in [3.63, 3.8) is 0 Å². The van der Waals surface area contributed by atoms with Crippen molar-refractivity contribution in [1.29, 1.82) is 0 Å². The molecule has 0 bridgehead atoms. The van der Waals surface area contributed by atoms with Crippen LogP contribution in [-0.2, 0) is 6.54 Å². The van der Waals surface area contributed by atoms with Gasteiger partial charge in [-0.1, -0.05) is 17.7 Å². The Labute approximate surface area is 140 Å². The zero-order chi connectivity index (χ0) is 14.8. The zero-order valence-electron chi connectivity index (χ0n) is 10.9. The second kappa shape index (κ2) is 6.11. The first-order valence-electron chi connectivity index (χ1n) is 6.25. The Kier molecular flexibility index (Phi) is 4.21. The van der Waals surface area contributed by atoms with Gasteiger partial charge < -0.3 is 14.8 Å². The van der Waals surface area contributed by atoms with Crippen molar-refractivity contribution in [2.75, 3.05) is 6.79 Å². The van der Waals surface area contributed by atoms with Gasteiger partial charge in [-0.3, -0.25) is 4.79 Å². The molecule has 3 rings (SSSR count). The number of ether oxygens (including phenoxy) is 2. The van der Waals surface area contributed by atoms with Gasteiger partial charge >= 0.3 is 0 Å². The van der Waals surface area contributed by atoms with E-state index in [4.69, 9.17) is 21.1 Å². The van der Waals surface area contributed by atoms with E-state index >= 15 is 0 Å². The molecule has 0 aromatic heterocycles. The number of benzene rings is 2. The van der Waals surface area contributed by atoms with Crippen LogP contribution in [0.25, 0.3) is 0 Å². The third-order valence-electron chi connectivity index (χ3n) is 3.07. The molecule has 1 N–H and O–H groups in total. The molecule has 0 saturated carbocycles. The topological polar surface area (TPSA) is 47.6 Å². The van der Waals surface area contributed by atoms with Crippen LogP contribution in [0.5, 0.6) is 11.5 Å². The average Bonchev–Trinajstić information content (AvgIpc) is 2.95. The number of carbonyl (C=O) groups excluding carboxylic acids is 1. The van der Waals surface area contributed by atoms with Crippen molar-refractivity contribution in [3.8, 4) is 11.5 Å². The highest BCUT2D eigenvalue weighted by atomic mass is 127. The molecule has 0 radical (unpaired) electrons. The Morgan fingerprint density at radius 2 is 2.00 bits per heavy atom. The van der Waals surface area contributed by atoms with E-state index in [0.29, 0.717) is 22.9 Å². The summed E-state index contributed by atoms with van der Waals surface area (Å²) in [6.07, 6.45) is 0. The highest BCUT2D eigenvalue weighted by Crippen LogP contribution is 2.32. The van der Waals surface area contributed by atoms with Crippen LogP contribution in [0, 0.1) is 3.57 Å². The van der Waals surface area contributed by atoms with Gasteiger partial charge in [0, 0.05) is 15.7 Å². The molecule has 1 heterocycles. The van der Waals surface area contributed by atoms with Gasteiger partial charge in [-0.15, -0.1) is 0 Å². The van der Waals surface area contributed by atoms with Crippen LogP contribution in [0.15, 0.2) is 36.4 Å². The van der Waals surface area contributed by atoms with Gasteiger partial charge in [0.05, 0.1) is 5.02 Å². The number of fused-ring (bicyclic) bond motifs is 1. The van der Waals surface area contributed by atoms with Crippen LogP contribution in [0.4, 0.5) is 0 Å². The SMILES string of the molecule is O=C(NCc1ccc2c(c1)OCO2)c1ccc(I)c(Cl)c1. The van der Waals surface area contributed by atoms with Crippen molar-refractivity contribution >= 4 is 40.1 Å². The summed E-state index contributed by atoms with van der Waals surface area (Å²) in [5.41, 5.74) is 1.49. The van der Waals surface area contributed by atoms with Crippen LogP contribution in [0.2, 0.25) is 5.02 Å². The molecule has 4 nitrogen and oxygen atoms in total. The first-order chi connectivity index (χ1) is 10.1. The van der Waals surface area contributed by atoms with Gasteiger partial charge in [-0.05, 0) is 58.5 Å². The quantitative estimate of drug-likeness (QED) is 0.779. The summed E-state index contributed by atoms with van der Waals surface area (Å²) in [5, 5.41) is 3.43. The number of halogens is 2. The lowest BCUT2D eigenvalue weighted by Crippen LogP contribution is -2.22. The fourth-order valence-electron chi connectivity index (χ4n) is 1.97. The van der Waals surface area contributed by atoms with E-state index in [9.17, 15) is 4.79 Å². The molecule has 0 atom stereocenters. The normalized spacial score (nSPS) is 12.3. The van der Waals surface area contributed by atoms with Gasteiger partial charge in [-0.25, -0.2) is 0 Å². The summed E-state index contributed by atoms with van der Waals surface area (Å²) >= 11 is 8.14. The molecular weight excluding hydrogens is 405 g/mol. The second-order valence-electron chi connectivity index (χ2n) is 4.50. The molecule has 21 heavy (non-hydrogen) atoms. The number of carbonyl (C=O) groups is 1. The molecule has 108 valence electrons. The van der Waals surface area contributed by atoms with E-state index in [2.05, 4.69) is 27.9 Å². The highest BCUT2D eigenvalue weighted by molar-refractivity contribution is 14.1. The minimum Gasteiger partial charge on any atom is -0.454 e. The summed E-state index contributed by atoms with van der Waals surface area (Å²) in [4.78, 5) is 12.1. The van der Waals surface area contributed by atoms with Gasteiger partial charge in [0.1, 0.15) is 0 Å². The van der Waals surface area contributed by atoms with E-state index in [1.807, 2.05) is 24.3 Å². The summed E-state index contributed by atoms with van der Waals surface area (Å²) in [5.74, 6) is 1.28. The van der Waals surface area contributed by atoms with Crippen LogP contribution >= 0.6 is 34.2 Å². The van der Waals surface area contributed by atoms with Crippen LogP contribution in [-0.4, -0.2) is 12.7 Å². The number of nitrogens with one attached hydrogen (secondary N) is 1. The number of amides is 1. The molecule has 2 aromatic rings. The van der Waals surface area contributed by atoms with E-state index in [1.165, 1.54) is 0 Å². The van der Waals surface area contributed by atoms with E-state index in [-0.39, 0.29) is 12.7 Å². The number of hydrogen-bond donors (Lipinski definition) is 1. The minimum atomic E-state index is -0.161. The molecule has 0 saturated heterocycles. The summed E-state index contributed by atoms with van der Waals surface area (Å²) < 4.78 is 11.5. The molecule has 6 heteroatoms. The van der Waals surface area contributed by atoms with Crippen LogP contribution < -0.4 is 14.8 Å². The maximum atomic E-state index is 12.1. The van der Waals surface area contributed by atoms with Gasteiger partial charge in [0.2, 0.25) is 6.79 Å². The number of rotatable bonds is 3. The third kappa shape index (κ3) is 3.24. The molecule has 0 fully saturated rings. The molecule has 1 aliphatic rings. The third-order valence-corrected chi connectivity index (χ3v) is 4.64. The lowest BCUT2D eigenvalue weighted by atomic mass is 10.2. The average molecular weight is 416 g/mol. The zero-order valence-corrected chi connectivity index (χ0v) is 13.8. The number of hydrogen-bond acceptors (Lipinski definition) is 3. The van der Waals surface area contributed by atoms with Gasteiger partial charge in [-0.2, -0.15) is 0 Å². The molecule has 0 aliphatic carbocycles. The Morgan fingerprint density at radius 1 is 1.19 bits per heavy atom. The maximum Gasteiger partial charge on any atom is 0.251 e. The molecule has 0 unspecified atom stereocenters. The van der Waals surface area contributed by atoms with Gasteiger partial charge in [0.25, 0.3) is 5.91 Å². The molecule has 1 aliphatic heterocycles. The van der Waals surface area contributed by atoms with Crippen molar-refractivity contribution in [2.45, 2.75) is 6.54 Å². The Hall–Kier alpha value is -1.47. The Morgan fingerprint density at radius 3 is 2.81 bits per heavy atom. The standard InChI is InChI=1S/C15H11ClINO3/c16-11-6-10(2-3-12(11)17)15(19)18-7-9-1-4-13-14(5-9)21-8-20-13/h1-6H,7-8H2,(H,18,19). The second-order valence-corrected chi connectivity index (χ2v) is 6.07. The van der Waals surface area contributed by atoms with Crippen molar-refractivity contribution in [3.05, 3.63) is 56.1 Å². The van der Waals surface area contributed by atoms with Crippen molar-refractivity contribution in [1.82, 2.24) is 5.32 Å². The lowest BCUT2D eigenvalue weighted by Gasteiger charge is -2.07.